The summed E-state index contributed by atoms with van der Waals surface area (Å²) in [6.07, 6.45) is 0. The zero-order valence-electron chi connectivity index (χ0n) is 17.3. The molecule has 31 heavy (non-hydrogen) atoms. The van der Waals surface area contributed by atoms with Gasteiger partial charge >= 0.3 is 5.97 Å². The molecule has 0 saturated carbocycles. The topological polar surface area (TPSA) is 137 Å². The van der Waals surface area contributed by atoms with Crippen LogP contribution in [0.2, 0.25) is 0 Å². The number of rotatable bonds is 10. The van der Waals surface area contributed by atoms with Crippen LogP contribution in [0.5, 0.6) is 5.75 Å². The Balaban J connectivity index is 1.98. The smallest absolute Gasteiger partial charge is 0.342 e. The van der Waals surface area contributed by atoms with Crippen molar-refractivity contribution in [3.63, 3.8) is 0 Å². The molecule has 2 aromatic rings. The van der Waals surface area contributed by atoms with E-state index in [0.29, 0.717) is 17.8 Å². The lowest BCUT2D eigenvalue weighted by Gasteiger charge is -2.13. The van der Waals surface area contributed by atoms with Crippen molar-refractivity contribution in [2.45, 2.75) is 13.8 Å². The number of carbonyl (C=O) groups excluding carboxylic acids is 4. The van der Waals surface area contributed by atoms with Gasteiger partial charge in [-0.3, -0.25) is 14.4 Å². The van der Waals surface area contributed by atoms with Crippen LogP contribution >= 0.6 is 0 Å². The molecule has 0 heterocycles. The number of hydrogen-bond donors (Lipinski definition) is 3. The summed E-state index contributed by atoms with van der Waals surface area (Å²) in [6.45, 7) is 3.46. The Labute approximate surface area is 179 Å². The Morgan fingerprint density at radius 2 is 1.58 bits per heavy atom. The summed E-state index contributed by atoms with van der Waals surface area (Å²) in [5, 5.41) is 5.36. The van der Waals surface area contributed by atoms with Gasteiger partial charge in [0.2, 0.25) is 0 Å². The molecule has 2 aromatic carbocycles. The fourth-order valence-electron chi connectivity index (χ4n) is 2.49. The average molecular weight is 427 g/mol. The van der Waals surface area contributed by atoms with E-state index in [-0.39, 0.29) is 23.1 Å². The number of para-hydroxylation sites is 2. The molecule has 164 valence electrons. The molecule has 0 aliphatic heterocycles. The molecule has 9 heteroatoms. The maximum absolute atomic E-state index is 12.4. The van der Waals surface area contributed by atoms with Crippen LogP contribution < -0.4 is 21.1 Å². The lowest BCUT2D eigenvalue weighted by atomic mass is 10.1. The van der Waals surface area contributed by atoms with E-state index < -0.39 is 31.0 Å². The molecule has 0 aliphatic rings. The van der Waals surface area contributed by atoms with Gasteiger partial charge in [0.05, 0.1) is 11.3 Å². The zero-order valence-corrected chi connectivity index (χ0v) is 17.3. The maximum atomic E-state index is 12.4. The van der Waals surface area contributed by atoms with Crippen LogP contribution in [0.25, 0.3) is 0 Å². The lowest BCUT2D eigenvalue weighted by Crippen LogP contribution is -2.29. The second kappa shape index (κ2) is 11.3. The minimum Gasteiger partial charge on any atom is -0.483 e. The number of amides is 3. The monoisotopic (exact) mass is 427 g/mol. The van der Waals surface area contributed by atoms with Gasteiger partial charge in [-0.15, -0.1) is 0 Å². The Kier molecular flexibility index (Phi) is 8.56. The van der Waals surface area contributed by atoms with Gasteiger partial charge in [-0.1, -0.05) is 38.1 Å². The normalized spacial score (nSPS) is 10.3. The van der Waals surface area contributed by atoms with Gasteiger partial charge in [0.15, 0.2) is 13.2 Å². The molecule has 0 atom stereocenters. The predicted molar refractivity (Wildman–Crippen MR) is 114 cm³/mol. The molecular formula is C22H25N3O6. The molecule has 0 radical (unpaired) electrons. The number of nitrogens with two attached hydrogens (primary N) is 1. The van der Waals surface area contributed by atoms with E-state index in [9.17, 15) is 19.2 Å². The van der Waals surface area contributed by atoms with Gasteiger partial charge in [-0.05, 0) is 30.2 Å². The largest absolute Gasteiger partial charge is 0.483 e. The Morgan fingerprint density at radius 1 is 0.935 bits per heavy atom. The molecule has 0 saturated heterocycles. The summed E-state index contributed by atoms with van der Waals surface area (Å²) >= 11 is 0. The average Bonchev–Trinajstić information content (AvgIpc) is 2.75. The first-order valence-electron chi connectivity index (χ1n) is 9.62. The van der Waals surface area contributed by atoms with Gasteiger partial charge < -0.3 is 25.8 Å². The van der Waals surface area contributed by atoms with E-state index in [1.54, 1.807) is 36.4 Å². The number of primary amides is 1. The standard InChI is InChI=1S/C22H25N3O6/c1-14(2)11-24-21(28)15-7-3-5-9-17(15)25-20(27)13-31-22(29)16-8-4-6-10-18(16)30-12-19(23)26/h3-10,14H,11-13H2,1-2H3,(H2,23,26)(H,24,28)(H,25,27). The van der Waals surface area contributed by atoms with Crippen LogP contribution in [-0.2, 0) is 14.3 Å². The van der Waals surface area contributed by atoms with E-state index in [1.807, 2.05) is 13.8 Å². The third-order valence-electron chi connectivity index (χ3n) is 3.93. The molecule has 0 unspecified atom stereocenters. The number of nitrogens with one attached hydrogen (secondary N) is 2. The van der Waals surface area contributed by atoms with Crippen molar-refractivity contribution in [1.29, 1.82) is 0 Å². The molecule has 4 N–H and O–H groups in total. The SMILES string of the molecule is CC(C)CNC(=O)c1ccccc1NC(=O)COC(=O)c1ccccc1OCC(N)=O. The van der Waals surface area contributed by atoms with Crippen LogP contribution in [-0.4, -0.2) is 43.4 Å². The van der Waals surface area contributed by atoms with Crippen molar-refractivity contribution in [1.82, 2.24) is 5.32 Å². The van der Waals surface area contributed by atoms with Crippen molar-refractivity contribution < 1.29 is 28.7 Å². The fraction of sp³-hybridized carbons (Fsp3) is 0.273. The summed E-state index contributed by atoms with van der Waals surface area (Å²) in [5.41, 5.74) is 5.69. The first-order valence-corrected chi connectivity index (χ1v) is 9.62. The predicted octanol–water partition coefficient (Wildman–Crippen LogP) is 1.73. The second-order valence-electron chi connectivity index (χ2n) is 7.02. The van der Waals surface area contributed by atoms with E-state index >= 15 is 0 Å². The minimum absolute atomic E-state index is 0.0463. The van der Waals surface area contributed by atoms with Crippen molar-refractivity contribution in [3.05, 3.63) is 59.7 Å². The molecule has 0 spiro atoms. The van der Waals surface area contributed by atoms with Gasteiger partial charge in [-0.25, -0.2) is 4.79 Å². The number of benzene rings is 2. The number of esters is 1. The van der Waals surface area contributed by atoms with E-state index in [2.05, 4.69) is 10.6 Å². The Bertz CT molecular complexity index is 958. The number of carbonyl (C=O) groups is 4. The zero-order chi connectivity index (χ0) is 22.8. The third kappa shape index (κ3) is 7.46. The first-order chi connectivity index (χ1) is 14.8. The van der Waals surface area contributed by atoms with Crippen LogP contribution in [0.4, 0.5) is 5.69 Å². The molecule has 3 amide bonds. The number of ether oxygens (including phenoxy) is 2. The highest BCUT2D eigenvalue weighted by atomic mass is 16.5. The third-order valence-corrected chi connectivity index (χ3v) is 3.93. The second-order valence-corrected chi connectivity index (χ2v) is 7.02. The number of anilines is 1. The van der Waals surface area contributed by atoms with Gasteiger partial charge in [0, 0.05) is 6.54 Å². The van der Waals surface area contributed by atoms with Crippen LogP contribution in [0.1, 0.15) is 34.6 Å². The molecule has 0 fully saturated rings. The van der Waals surface area contributed by atoms with Crippen LogP contribution in [0.3, 0.4) is 0 Å². The quantitative estimate of drug-likeness (QED) is 0.494. The van der Waals surface area contributed by atoms with Crippen molar-refractivity contribution >= 4 is 29.4 Å². The summed E-state index contributed by atoms with van der Waals surface area (Å²) in [6, 6.07) is 12.6. The molecular weight excluding hydrogens is 402 g/mol. The maximum Gasteiger partial charge on any atom is 0.342 e. The molecule has 0 bridgehead atoms. The summed E-state index contributed by atoms with van der Waals surface area (Å²) in [5.74, 6) is -2.05. The molecule has 2 rings (SSSR count). The summed E-state index contributed by atoms with van der Waals surface area (Å²) in [7, 11) is 0. The highest BCUT2D eigenvalue weighted by molar-refractivity contribution is 6.04. The molecule has 0 aromatic heterocycles. The Hall–Kier alpha value is -3.88. The highest BCUT2D eigenvalue weighted by Crippen LogP contribution is 2.19. The van der Waals surface area contributed by atoms with Gasteiger partial charge in [0.25, 0.3) is 17.7 Å². The van der Waals surface area contributed by atoms with Crippen molar-refractivity contribution in [2.75, 3.05) is 25.1 Å². The minimum atomic E-state index is -0.807. The van der Waals surface area contributed by atoms with E-state index in [4.69, 9.17) is 15.2 Å². The van der Waals surface area contributed by atoms with E-state index in [1.165, 1.54) is 12.1 Å². The highest BCUT2D eigenvalue weighted by Gasteiger charge is 2.17. The number of hydrogen-bond acceptors (Lipinski definition) is 6. The summed E-state index contributed by atoms with van der Waals surface area (Å²) < 4.78 is 10.2. The van der Waals surface area contributed by atoms with Crippen molar-refractivity contribution in [3.8, 4) is 5.75 Å². The van der Waals surface area contributed by atoms with Crippen LogP contribution in [0, 0.1) is 5.92 Å². The first kappa shape index (κ1) is 23.4. The van der Waals surface area contributed by atoms with Gasteiger partial charge in [0.1, 0.15) is 11.3 Å². The molecule has 9 nitrogen and oxygen atoms in total. The molecule has 0 aliphatic carbocycles. The fourth-order valence-corrected chi connectivity index (χ4v) is 2.49. The Morgan fingerprint density at radius 3 is 2.26 bits per heavy atom. The van der Waals surface area contributed by atoms with Gasteiger partial charge in [-0.2, -0.15) is 0 Å². The summed E-state index contributed by atoms with van der Waals surface area (Å²) in [4.78, 5) is 47.9. The lowest BCUT2D eigenvalue weighted by molar-refractivity contribution is -0.120. The van der Waals surface area contributed by atoms with Crippen molar-refractivity contribution in [2.24, 2.45) is 11.7 Å². The van der Waals surface area contributed by atoms with Crippen LogP contribution in [0.15, 0.2) is 48.5 Å². The van der Waals surface area contributed by atoms with E-state index in [0.717, 1.165) is 0 Å².